The van der Waals surface area contributed by atoms with Crippen LogP contribution in [0.1, 0.15) is 70.7 Å². The lowest BCUT2D eigenvalue weighted by molar-refractivity contribution is -0.127. The number of carbonyl (C=O) groups excluding carboxylic acids is 6. The summed E-state index contributed by atoms with van der Waals surface area (Å²) in [5.74, 6) is -3.38. The Morgan fingerprint density at radius 1 is 0.516 bits per heavy atom. The van der Waals surface area contributed by atoms with E-state index in [1.165, 1.54) is 50.2 Å². The van der Waals surface area contributed by atoms with E-state index in [0.717, 1.165) is 0 Å². The van der Waals surface area contributed by atoms with Gasteiger partial charge in [0.05, 0.1) is 11.4 Å². The molecule has 0 spiro atoms. The van der Waals surface area contributed by atoms with Crippen LogP contribution in [0.5, 0.6) is 0 Å². The molecule has 0 aliphatic heterocycles. The predicted octanol–water partition coefficient (Wildman–Crippen LogP) is 11.5. The molecule has 0 aliphatic carbocycles. The number of hydrogen-bond acceptors (Lipinski definition) is 10. The summed E-state index contributed by atoms with van der Waals surface area (Å²) >= 11 is 24.7. The van der Waals surface area contributed by atoms with E-state index >= 15 is 0 Å². The summed E-state index contributed by atoms with van der Waals surface area (Å²) in [5, 5.41) is 27.7. The molecule has 0 saturated carbocycles. The third-order valence-electron chi connectivity index (χ3n) is 9.61. The smallest absolute Gasteiger partial charge is 0.258 e. The zero-order valence-corrected chi connectivity index (χ0v) is 38.0. The quantitative estimate of drug-likeness (QED) is 0.0382. The van der Waals surface area contributed by atoms with E-state index < -0.39 is 47.3 Å². The maximum atomic E-state index is 13.6. The third kappa shape index (κ3) is 12.7. The molecule has 4 N–H and O–H groups in total. The minimum absolute atomic E-state index is 0.124. The molecule has 2 unspecified atom stereocenters. The van der Waals surface area contributed by atoms with Crippen molar-refractivity contribution in [1.82, 2.24) is 0 Å². The van der Waals surface area contributed by atoms with E-state index in [1.54, 1.807) is 60.7 Å². The van der Waals surface area contributed by atoms with Crippen LogP contribution >= 0.6 is 46.4 Å². The number of nitrogens with one attached hydrogen (secondary N) is 4. The van der Waals surface area contributed by atoms with E-state index in [1.807, 2.05) is 13.8 Å². The van der Waals surface area contributed by atoms with E-state index in [-0.39, 0.29) is 44.3 Å². The van der Waals surface area contributed by atoms with Crippen LogP contribution in [0.15, 0.2) is 118 Å². The molecule has 5 aromatic rings. The van der Waals surface area contributed by atoms with Crippen LogP contribution in [0.4, 0.5) is 34.1 Å². The molecule has 0 radical (unpaired) electrons. The number of nitrogens with zero attached hydrogens (tertiary/aromatic N) is 4. The van der Waals surface area contributed by atoms with Gasteiger partial charge < -0.3 is 21.3 Å². The minimum Gasteiger partial charge on any atom is -0.323 e. The Morgan fingerprint density at radius 3 is 1.23 bits per heavy atom. The first-order chi connectivity index (χ1) is 30.6. The number of azo groups is 2. The van der Waals surface area contributed by atoms with Crippen LogP contribution in [-0.4, -0.2) is 47.3 Å². The number of alkyl halides is 2. The number of ketones is 2. The predicted molar refractivity (Wildman–Crippen MR) is 251 cm³/mol. The fourth-order valence-electron chi connectivity index (χ4n) is 6.46. The fraction of sp³-hybridized carbons (Fsp3) is 0.217. The number of halogens is 4. The number of Topliss-reactive ketones (excluding diaryl/α,β-unsaturated/α-hetero) is 2. The lowest BCUT2D eigenvalue weighted by Crippen LogP contribution is -2.33. The first kappa shape index (κ1) is 48.7. The van der Waals surface area contributed by atoms with Gasteiger partial charge in [0.25, 0.3) is 23.6 Å². The number of rotatable bonds is 18. The summed E-state index contributed by atoms with van der Waals surface area (Å²) in [6, 6.07) is 22.6. The second kappa shape index (κ2) is 22.9. The molecule has 0 saturated heterocycles. The molecule has 2 atom stereocenters. The Kier molecular flexibility index (Phi) is 17.4. The molecule has 0 heterocycles. The van der Waals surface area contributed by atoms with Crippen LogP contribution in [0.2, 0.25) is 10.0 Å². The molecule has 0 aliphatic rings. The van der Waals surface area contributed by atoms with Crippen LogP contribution in [0.3, 0.4) is 0 Å². The second-order valence-electron chi connectivity index (χ2n) is 14.1. The van der Waals surface area contributed by atoms with Crippen molar-refractivity contribution in [3.05, 3.63) is 140 Å². The minimum atomic E-state index is -1.57. The maximum Gasteiger partial charge on any atom is 0.258 e. The maximum absolute atomic E-state index is 13.6. The number of carbonyl (C=O) groups is 6. The van der Waals surface area contributed by atoms with Gasteiger partial charge in [-0.3, -0.25) is 28.8 Å². The van der Waals surface area contributed by atoms with Gasteiger partial charge in [0.15, 0.2) is 11.6 Å². The highest BCUT2D eigenvalue weighted by molar-refractivity contribution is 6.32. The highest BCUT2D eigenvalue weighted by Crippen LogP contribution is 2.31. The summed E-state index contributed by atoms with van der Waals surface area (Å²) in [4.78, 5) is 78.9. The molecule has 0 bridgehead atoms. The molecule has 5 rings (SSSR count). The van der Waals surface area contributed by atoms with Crippen molar-refractivity contribution < 1.29 is 28.8 Å². The van der Waals surface area contributed by atoms with Crippen molar-refractivity contribution >= 4 is 116 Å². The van der Waals surface area contributed by atoms with Crippen molar-refractivity contribution in [1.29, 1.82) is 0 Å². The van der Waals surface area contributed by atoms with Gasteiger partial charge in [-0.05, 0) is 110 Å². The van der Waals surface area contributed by atoms with Gasteiger partial charge in [0, 0.05) is 55.7 Å². The summed E-state index contributed by atoms with van der Waals surface area (Å²) in [6.07, 6.45) is 0.797. The summed E-state index contributed by atoms with van der Waals surface area (Å²) in [7, 11) is 0. The largest absolute Gasteiger partial charge is 0.323 e. The summed E-state index contributed by atoms with van der Waals surface area (Å²) in [5.41, 5.74) is 5.04. The first-order valence-corrected chi connectivity index (χ1v) is 21.6. The van der Waals surface area contributed by atoms with Gasteiger partial charge in [-0.25, -0.2) is 0 Å². The topological polar surface area (TPSA) is 200 Å². The number of para-hydroxylation sites is 2. The molecule has 5 aromatic carbocycles. The molecule has 330 valence electrons. The zero-order chi connectivity index (χ0) is 46.5. The number of amides is 4. The monoisotopic (exact) mass is 942 g/mol. The van der Waals surface area contributed by atoms with Gasteiger partial charge >= 0.3 is 0 Å². The third-order valence-corrected chi connectivity index (χ3v) is 10.6. The lowest BCUT2D eigenvalue weighted by atomic mass is 9.98. The van der Waals surface area contributed by atoms with Crippen LogP contribution in [-0.2, 0) is 43.8 Å². The molecule has 4 amide bonds. The van der Waals surface area contributed by atoms with Crippen molar-refractivity contribution in [3.8, 4) is 0 Å². The Bertz CT molecular complexity index is 2490. The highest BCUT2D eigenvalue weighted by atomic mass is 35.5. The van der Waals surface area contributed by atoms with E-state index in [4.69, 9.17) is 46.4 Å². The Labute approximate surface area is 389 Å². The zero-order valence-electron chi connectivity index (χ0n) is 35.0. The molecule has 64 heavy (non-hydrogen) atoms. The van der Waals surface area contributed by atoms with Crippen molar-refractivity contribution in [2.75, 3.05) is 21.3 Å². The van der Waals surface area contributed by atoms with Crippen molar-refractivity contribution in [2.24, 2.45) is 20.5 Å². The molecule has 14 nitrogen and oxygen atoms in total. The molecule has 18 heteroatoms. The Morgan fingerprint density at radius 2 is 0.891 bits per heavy atom. The first-order valence-electron chi connectivity index (χ1n) is 19.8. The number of benzene rings is 5. The van der Waals surface area contributed by atoms with Gasteiger partial charge in [-0.1, -0.05) is 73.4 Å². The van der Waals surface area contributed by atoms with Crippen LogP contribution in [0.25, 0.3) is 0 Å². The van der Waals surface area contributed by atoms with E-state index in [2.05, 4.69) is 41.7 Å². The van der Waals surface area contributed by atoms with E-state index in [9.17, 15) is 28.8 Å². The average molecular weight is 945 g/mol. The van der Waals surface area contributed by atoms with Gasteiger partial charge in [-0.15, -0.1) is 23.2 Å². The Hall–Kier alpha value is -6.32. The second-order valence-corrected chi connectivity index (χ2v) is 15.6. The molecule has 0 aromatic heterocycles. The van der Waals surface area contributed by atoms with E-state index in [0.29, 0.717) is 57.8 Å². The van der Waals surface area contributed by atoms with Crippen molar-refractivity contribution in [2.45, 2.75) is 64.4 Å². The SMILES string of the molecule is CCc1c(NC(=O)C(N=Nc2cc(Cl)cc(C(=O)Nc3ccccc3CCl)c2)C(C)=O)ccc(NC(=O)C(N=Nc2cc(Cl)cc(C(=O)Nc3ccccc3CCl)c2)C(C)=O)c1CC. The standard InChI is InChI=1S/C46H42Cl4N8O6/c1-5-35-36(6-2)40(54-46(64)42(26(4)60)58-56-34-20-30(18-32(50)22-34)44(62)52-38-14-10-8-12-28(38)24-48)16-15-39(35)53-45(63)41(25(3)59)57-55-33-19-29(17-31(49)21-33)43(61)51-37-13-9-7-11-27(37)23-47/h7-22,41-42H,5-6,23-24H2,1-4H3,(H,51,61)(H,52,62)(H,53,63)(H,54,64). The van der Waals surface area contributed by atoms with Gasteiger partial charge in [0.2, 0.25) is 12.1 Å². The summed E-state index contributed by atoms with van der Waals surface area (Å²) < 4.78 is 0. The molecule has 0 fully saturated rings. The van der Waals surface area contributed by atoms with Crippen molar-refractivity contribution in [3.63, 3.8) is 0 Å². The number of anilines is 4. The average Bonchev–Trinajstić information content (AvgIpc) is 3.26. The summed E-state index contributed by atoms with van der Waals surface area (Å²) in [6.45, 7) is 6.09. The fourth-order valence-corrected chi connectivity index (χ4v) is 7.38. The number of hydrogen-bond donors (Lipinski definition) is 4. The normalized spacial score (nSPS) is 12.1. The van der Waals surface area contributed by atoms with Crippen LogP contribution in [0, 0.1) is 0 Å². The van der Waals surface area contributed by atoms with Crippen LogP contribution < -0.4 is 21.3 Å². The lowest BCUT2D eigenvalue weighted by Gasteiger charge is -2.20. The van der Waals surface area contributed by atoms with Gasteiger partial charge in [0.1, 0.15) is 0 Å². The molecular formula is C46H42Cl4N8O6. The molecular weight excluding hydrogens is 902 g/mol. The Balaban J connectivity index is 1.31. The highest BCUT2D eigenvalue weighted by Gasteiger charge is 2.27. The van der Waals surface area contributed by atoms with Gasteiger partial charge in [-0.2, -0.15) is 20.5 Å².